The molecule has 1 fully saturated rings. The number of anilines is 1. The number of aryl methyl sites for hydroxylation is 1. The Balaban J connectivity index is 1.38. The van der Waals surface area contributed by atoms with Gasteiger partial charge in [0.25, 0.3) is 0 Å². The first-order valence-corrected chi connectivity index (χ1v) is 14.3. The van der Waals surface area contributed by atoms with Gasteiger partial charge in [-0.1, -0.05) is 104 Å². The summed E-state index contributed by atoms with van der Waals surface area (Å²) >= 11 is 0. The second-order valence-corrected chi connectivity index (χ2v) is 11.3. The van der Waals surface area contributed by atoms with E-state index in [2.05, 4.69) is 43.3 Å². The number of benzene rings is 5. The Morgan fingerprint density at radius 3 is 2.07 bits per heavy atom. The van der Waals surface area contributed by atoms with E-state index in [9.17, 15) is 9.59 Å². The Hall–Kier alpha value is -4.83. The molecule has 41 heavy (non-hydrogen) atoms. The molecule has 1 heterocycles. The topological polar surface area (TPSA) is 49.7 Å². The molecular formula is C37H28N2O2. The quantitative estimate of drug-likeness (QED) is 0.179. The number of imide groups is 1. The number of carbonyl (C=O) groups excluding carboxylic acids is 2. The molecule has 1 saturated heterocycles. The number of fused-ring (bicyclic) bond motifs is 1. The lowest BCUT2D eigenvalue weighted by molar-refractivity contribution is -0.122. The molecule has 3 aliphatic carbocycles. The van der Waals surface area contributed by atoms with Crippen LogP contribution < -0.4 is 4.90 Å². The summed E-state index contributed by atoms with van der Waals surface area (Å²) in [6, 6.07) is 38.7. The van der Waals surface area contributed by atoms with Crippen LogP contribution in [0.1, 0.15) is 40.7 Å². The van der Waals surface area contributed by atoms with Crippen molar-refractivity contribution in [2.75, 3.05) is 4.90 Å². The van der Waals surface area contributed by atoms with Crippen molar-refractivity contribution < 1.29 is 9.59 Å². The highest BCUT2D eigenvalue weighted by atomic mass is 16.2. The van der Waals surface area contributed by atoms with Crippen molar-refractivity contribution in [3.63, 3.8) is 0 Å². The number of hydrogen-bond donors (Lipinski definition) is 0. The van der Waals surface area contributed by atoms with E-state index in [-0.39, 0.29) is 17.7 Å². The van der Waals surface area contributed by atoms with Gasteiger partial charge < -0.3 is 0 Å². The van der Waals surface area contributed by atoms with Gasteiger partial charge in [0.2, 0.25) is 11.8 Å². The van der Waals surface area contributed by atoms with Gasteiger partial charge in [-0.3, -0.25) is 14.6 Å². The minimum Gasteiger partial charge on any atom is -0.274 e. The fraction of sp³-hybridized carbons (Fsp3) is 0.162. The monoisotopic (exact) mass is 532 g/mol. The maximum atomic E-state index is 14.7. The zero-order valence-electron chi connectivity index (χ0n) is 22.7. The van der Waals surface area contributed by atoms with Crippen LogP contribution in [-0.4, -0.2) is 18.0 Å². The smallest absolute Gasteiger partial charge is 0.239 e. The minimum absolute atomic E-state index is 0.129. The first kappa shape index (κ1) is 24.0. The molecule has 1 aliphatic heterocycles. The normalized spacial score (nSPS) is 24.1. The fourth-order valence-corrected chi connectivity index (χ4v) is 7.68. The Bertz CT molecular complexity index is 1850. The Labute approximate surface area is 239 Å². The number of aliphatic imine (C=N–C) groups is 1. The van der Waals surface area contributed by atoms with E-state index in [1.54, 1.807) is 0 Å². The minimum atomic E-state index is -0.873. The lowest BCUT2D eigenvalue weighted by Gasteiger charge is -2.52. The standard InChI is InChI=1S/C37H28N2O2/c1-2-23-18-20-25(21-19-23)38-22-37-29-15-7-5-13-27(29)32(28-14-6-8-16-30(28)37)33-34(37)36(41)39(35(33)40)31-17-9-11-24-10-3-4-12-26(24)31/h3-22,32-34H,2H2,1H3/t32?,33-,34-,37?/m0/s1. The van der Waals surface area contributed by atoms with Crippen molar-refractivity contribution in [3.05, 3.63) is 143 Å². The molecule has 0 saturated carbocycles. The number of carbonyl (C=O) groups is 2. The highest BCUT2D eigenvalue weighted by molar-refractivity contribution is 6.27. The predicted molar refractivity (Wildman–Crippen MR) is 163 cm³/mol. The van der Waals surface area contributed by atoms with Crippen molar-refractivity contribution in [3.8, 4) is 0 Å². The van der Waals surface area contributed by atoms with Crippen molar-refractivity contribution in [2.45, 2.75) is 24.7 Å². The van der Waals surface area contributed by atoms with Gasteiger partial charge in [-0.25, -0.2) is 4.90 Å². The number of rotatable bonds is 4. The molecule has 4 heteroatoms. The second-order valence-electron chi connectivity index (χ2n) is 11.3. The number of hydrogen-bond acceptors (Lipinski definition) is 3. The van der Waals surface area contributed by atoms with E-state index in [1.807, 2.05) is 85.1 Å². The third-order valence-electron chi connectivity index (χ3n) is 9.45. The lowest BCUT2D eigenvalue weighted by Crippen LogP contribution is -2.54. The van der Waals surface area contributed by atoms with Crippen LogP contribution in [-0.2, 0) is 21.4 Å². The maximum absolute atomic E-state index is 14.7. The predicted octanol–water partition coefficient (Wildman–Crippen LogP) is 7.36. The third kappa shape index (κ3) is 3.19. The van der Waals surface area contributed by atoms with Gasteiger partial charge in [0.1, 0.15) is 0 Å². The molecule has 0 aromatic heterocycles. The summed E-state index contributed by atoms with van der Waals surface area (Å²) in [7, 11) is 0. The van der Waals surface area contributed by atoms with Crippen molar-refractivity contribution in [1.29, 1.82) is 0 Å². The van der Waals surface area contributed by atoms with Gasteiger partial charge >= 0.3 is 0 Å². The van der Waals surface area contributed by atoms with Gasteiger partial charge in [0.15, 0.2) is 0 Å². The van der Waals surface area contributed by atoms with E-state index in [1.165, 1.54) is 10.5 Å². The lowest BCUT2D eigenvalue weighted by atomic mass is 9.47. The summed E-state index contributed by atoms with van der Waals surface area (Å²) in [6.45, 7) is 2.14. The molecule has 4 nitrogen and oxygen atoms in total. The SMILES string of the molecule is CCc1ccc(N=CC23c4ccccc4C(c4ccccc42)[C@@H]2C(=O)N(c4cccc5ccccc45)C(=O)[C@H]23)cc1. The molecule has 198 valence electrons. The molecule has 0 N–H and O–H groups in total. The third-order valence-corrected chi connectivity index (χ3v) is 9.45. The summed E-state index contributed by atoms with van der Waals surface area (Å²) in [5, 5.41) is 1.90. The maximum Gasteiger partial charge on any atom is 0.239 e. The molecule has 0 radical (unpaired) electrons. The molecule has 0 spiro atoms. The Morgan fingerprint density at radius 2 is 1.37 bits per heavy atom. The zero-order chi connectivity index (χ0) is 27.7. The highest BCUT2D eigenvalue weighted by Crippen LogP contribution is 2.64. The first-order valence-electron chi connectivity index (χ1n) is 14.3. The molecular weight excluding hydrogens is 504 g/mol. The fourth-order valence-electron chi connectivity index (χ4n) is 7.68. The highest BCUT2D eigenvalue weighted by Gasteiger charge is 2.68. The first-order chi connectivity index (χ1) is 20.1. The zero-order valence-corrected chi connectivity index (χ0v) is 22.7. The summed E-state index contributed by atoms with van der Waals surface area (Å²) in [5.41, 5.74) is 6.23. The Morgan fingerprint density at radius 1 is 0.732 bits per heavy atom. The van der Waals surface area contributed by atoms with Gasteiger partial charge in [0.05, 0.1) is 28.6 Å². The van der Waals surface area contributed by atoms with Crippen LogP contribution in [0.25, 0.3) is 10.8 Å². The van der Waals surface area contributed by atoms with E-state index < -0.39 is 17.3 Å². The molecule has 2 amide bonds. The van der Waals surface area contributed by atoms with E-state index in [0.29, 0.717) is 5.69 Å². The summed E-state index contributed by atoms with van der Waals surface area (Å²) in [4.78, 5) is 35.8. The van der Waals surface area contributed by atoms with Gasteiger partial charge in [-0.15, -0.1) is 0 Å². The molecule has 4 aliphatic rings. The Kier molecular flexibility index (Phi) is 5.17. The van der Waals surface area contributed by atoms with Crippen LogP contribution in [0.15, 0.2) is 120 Å². The largest absolute Gasteiger partial charge is 0.274 e. The second kappa shape index (κ2) is 8.84. The van der Waals surface area contributed by atoms with E-state index in [0.717, 1.165) is 45.1 Å². The van der Waals surface area contributed by atoms with Gasteiger partial charge in [-0.2, -0.15) is 0 Å². The molecule has 0 unspecified atom stereocenters. The van der Waals surface area contributed by atoms with Crippen LogP contribution in [0, 0.1) is 11.8 Å². The van der Waals surface area contributed by atoms with Crippen molar-refractivity contribution in [1.82, 2.24) is 0 Å². The van der Waals surface area contributed by atoms with Crippen molar-refractivity contribution in [2.24, 2.45) is 16.8 Å². The van der Waals surface area contributed by atoms with Crippen LogP contribution in [0.2, 0.25) is 0 Å². The average Bonchev–Trinajstić information content (AvgIpc) is 3.30. The molecule has 5 aromatic carbocycles. The molecule has 5 aromatic rings. The van der Waals surface area contributed by atoms with Crippen LogP contribution in [0.3, 0.4) is 0 Å². The van der Waals surface area contributed by atoms with Gasteiger partial charge in [-0.05, 0) is 57.8 Å². The van der Waals surface area contributed by atoms with Crippen molar-refractivity contribution >= 4 is 40.2 Å². The summed E-state index contributed by atoms with van der Waals surface area (Å²) in [6.07, 6.45) is 2.93. The van der Waals surface area contributed by atoms with Crippen LogP contribution in [0.5, 0.6) is 0 Å². The molecule has 2 atom stereocenters. The summed E-state index contributed by atoms with van der Waals surface area (Å²) < 4.78 is 0. The van der Waals surface area contributed by atoms with E-state index >= 15 is 0 Å². The van der Waals surface area contributed by atoms with Gasteiger partial charge in [0, 0.05) is 17.5 Å². The number of amides is 2. The molecule has 9 rings (SSSR count). The molecule has 2 bridgehead atoms. The summed E-state index contributed by atoms with van der Waals surface area (Å²) in [5.74, 6) is -1.58. The number of nitrogens with zero attached hydrogens (tertiary/aromatic N) is 2. The van der Waals surface area contributed by atoms with Crippen LogP contribution in [0.4, 0.5) is 11.4 Å². The van der Waals surface area contributed by atoms with Crippen LogP contribution >= 0.6 is 0 Å². The van der Waals surface area contributed by atoms with E-state index in [4.69, 9.17) is 4.99 Å². The average molecular weight is 533 g/mol.